The minimum Gasteiger partial charge on any atom is -0.444 e. The number of nitrogens with zero attached hydrogens (tertiary/aromatic N) is 2. The number of benzene rings is 1. The van der Waals surface area contributed by atoms with Crippen molar-refractivity contribution in [2.24, 2.45) is 0 Å². The number of nitriles is 1. The Balaban J connectivity index is 2.25. The highest BCUT2D eigenvalue weighted by Crippen LogP contribution is 2.38. The molecule has 9 heteroatoms. The van der Waals surface area contributed by atoms with Crippen molar-refractivity contribution in [2.75, 3.05) is 5.32 Å². The number of halogens is 3. The minimum atomic E-state index is -4.70. The van der Waals surface area contributed by atoms with E-state index < -0.39 is 28.6 Å². The number of alkyl halides is 3. The zero-order chi connectivity index (χ0) is 19.5. The molecule has 0 atom stereocenters. The van der Waals surface area contributed by atoms with Crippen molar-refractivity contribution >= 4 is 22.4 Å². The van der Waals surface area contributed by atoms with Crippen LogP contribution in [-0.4, -0.2) is 16.7 Å². The summed E-state index contributed by atoms with van der Waals surface area (Å²) < 4.78 is 44.6. The summed E-state index contributed by atoms with van der Waals surface area (Å²) in [4.78, 5) is 15.4. The molecule has 26 heavy (non-hydrogen) atoms. The summed E-state index contributed by atoms with van der Waals surface area (Å²) in [5, 5.41) is 10.7. The van der Waals surface area contributed by atoms with Gasteiger partial charge in [0.15, 0.2) is 5.69 Å². The predicted octanol–water partition coefficient (Wildman–Crippen LogP) is 4.97. The van der Waals surface area contributed by atoms with Gasteiger partial charge in [-0.05, 0) is 38.5 Å². The summed E-state index contributed by atoms with van der Waals surface area (Å²) in [5.41, 5.74) is -0.832. The van der Waals surface area contributed by atoms with Gasteiger partial charge < -0.3 is 4.74 Å². The molecule has 0 unspecified atom stereocenters. The number of rotatable bonds is 3. The molecular weight excluding hydrogens is 367 g/mol. The van der Waals surface area contributed by atoms with Crippen molar-refractivity contribution in [3.05, 3.63) is 46.1 Å². The first-order valence-corrected chi connectivity index (χ1v) is 8.35. The standard InChI is InChI=1S/C17H16F3N3O2S/c1-16(2,3)25-15(24)23-14-13(17(18,19)20)22-12(26-14)8-10-4-6-11(9-21)7-5-10/h4-7H,8H2,1-3H3,(H,23,24). The second kappa shape index (κ2) is 7.33. The van der Waals surface area contributed by atoms with Crippen LogP contribution < -0.4 is 5.32 Å². The molecule has 2 rings (SSSR count). The second-order valence-corrected chi connectivity index (χ2v) is 7.48. The van der Waals surface area contributed by atoms with Crippen LogP contribution in [0.5, 0.6) is 0 Å². The highest BCUT2D eigenvalue weighted by atomic mass is 32.1. The number of amides is 1. The van der Waals surface area contributed by atoms with Crippen LogP contribution in [-0.2, 0) is 17.3 Å². The molecule has 5 nitrogen and oxygen atoms in total. The third-order valence-corrected chi connectivity index (χ3v) is 3.96. The lowest BCUT2D eigenvalue weighted by Crippen LogP contribution is -2.27. The molecule has 2 aromatic rings. The maximum absolute atomic E-state index is 13.2. The molecule has 0 bridgehead atoms. The molecule has 0 saturated heterocycles. The van der Waals surface area contributed by atoms with E-state index in [0.29, 0.717) is 11.1 Å². The quantitative estimate of drug-likeness (QED) is 0.812. The van der Waals surface area contributed by atoms with Crippen molar-refractivity contribution in [2.45, 2.75) is 39.0 Å². The number of aromatic nitrogens is 1. The van der Waals surface area contributed by atoms with Gasteiger partial charge in [0.05, 0.1) is 16.6 Å². The molecule has 1 amide bonds. The number of anilines is 1. The predicted molar refractivity (Wildman–Crippen MR) is 90.9 cm³/mol. The molecular formula is C17H16F3N3O2S. The fourth-order valence-electron chi connectivity index (χ4n) is 1.98. The first-order chi connectivity index (χ1) is 12.0. The van der Waals surface area contributed by atoms with E-state index in [2.05, 4.69) is 10.3 Å². The van der Waals surface area contributed by atoms with Gasteiger partial charge in [0.2, 0.25) is 0 Å². The van der Waals surface area contributed by atoms with Gasteiger partial charge in [0, 0.05) is 6.42 Å². The molecule has 0 aliphatic heterocycles. The van der Waals surface area contributed by atoms with Crippen LogP contribution in [0.25, 0.3) is 0 Å². The van der Waals surface area contributed by atoms with Crippen molar-refractivity contribution < 1.29 is 22.7 Å². The highest BCUT2D eigenvalue weighted by molar-refractivity contribution is 7.16. The lowest BCUT2D eigenvalue weighted by Gasteiger charge is -2.19. The molecule has 138 valence electrons. The lowest BCUT2D eigenvalue weighted by molar-refractivity contribution is -0.140. The van der Waals surface area contributed by atoms with E-state index in [9.17, 15) is 18.0 Å². The first-order valence-electron chi connectivity index (χ1n) is 7.54. The van der Waals surface area contributed by atoms with Gasteiger partial charge in [-0.1, -0.05) is 12.1 Å². The summed E-state index contributed by atoms with van der Waals surface area (Å²) in [6.45, 7) is 4.83. The van der Waals surface area contributed by atoms with Crippen LogP contribution >= 0.6 is 11.3 Å². The largest absolute Gasteiger partial charge is 0.444 e. The zero-order valence-corrected chi connectivity index (χ0v) is 15.1. The fraction of sp³-hybridized carbons (Fsp3) is 0.353. The van der Waals surface area contributed by atoms with E-state index in [-0.39, 0.29) is 11.4 Å². The van der Waals surface area contributed by atoms with Crippen molar-refractivity contribution in [3.63, 3.8) is 0 Å². The van der Waals surface area contributed by atoms with Crippen LogP contribution in [0.1, 0.15) is 42.6 Å². The maximum Gasteiger partial charge on any atom is 0.436 e. The van der Waals surface area contributed by atoms with Gasteiger partial charge in [-0.2, -0.15) is 18.4 Å². The highest BCUT2D eigenvalue weighted by Gasteiger charge is 2.38. The van der Waals surface area contributed by atoms with E-state index in [1.165, 1.54) is 0 Å². The molecule has 0 fully saturated rings. The summed E-state index contributed by atoms with van der Waals surface area (Å²) in [5.74, 6) is 0. The van der Waals surface area contributed by atoms with Crippen molar-refractivity contribution in [3.8, 4) is 6.07 Å². The molecule has 0 aliphatic carbocycles. The third-order valence-electron chi connectivity index (χ3n) is 2.99. The lowest BCUT2D eigenvalue weighted by atomic mass is 10.1. The smallest absolute Gasteiger partial charge is 0.436 e. The fourth-order valence-corrected chi connectivity index (χ4v) is 2.99. The number of hydrogen-bond donors (Lipinski definition) is 1. The molecule has 0 radical (unpaired) electrons. The molecule has 0 saturated carbocycles. The summed E-state index contributed by atoms with van der Waals surface area (Å²) in [7, 11) is 0. The number of nitrogens with one attached hydrogen (secondary N) is 1. The molecule has 0 spiro atoms. The molecule has 1 aromatic heterocycles. The molecule has 1 heterocycles. The first kappa shape index (κ1) is 19.7. The Morgan fingerprint density at radius 2 is 1.88 bits per heavy atom. The Labute approximate surface area is 152 Å². The number of hydrogen-bond acceptors (Lipinski definition) is 5. The Hall–Kier alpha value is -2.60. The Bertz CT molecular complexity index is 831. The van der Waals surface area contributed by atoms with Gasteiger partial charge in [0.25, 0.3) is 0 Å². The van der Waals surface area contributed by atoms with Gasteiger partial charge in [0.1, 0.15) is 10.6 Å². The maximum atomic E-state index is 13.2. The zero-order valence-electron chi connectivity index (χ0n) is 14.3. The normalized spacial score (nSPS) is 11.7. The third kappa shape index (κ3) is 5.46. The average molecular weight is 383 g/mol. The second-order valence-electron chi connectivity index (χ2n) is 6.40. The van der Waals surface area contributed by atoms with Crippen LogP contribution in [0, 0.1) is 11.3 Å². The van der Waals surface area contributed by atoms with E-state index in [1.54, 1.807) is 45.0 Å². The summed E-state index contributed by atoms with van der Waals surface area (Å²) >= 11 is 0.737. The Morgan fingerprint density at radius 1 is 1.27 bits per heavy atom. The van der Waals surface area contributed by atoms with E-state index in [0.717, 1.165) is 11.3 Å². The Morgan fingerprint density at radius 3 is 2.38 bits per heavy atom. The van der Waals surface area contributed by atoms with Crippen LogP contribution in [0.15, 0.2) is 24.3 Å². The SMILES string of the molecule is CC(C)(C)OC(=O)Nc1sc(Cc2ccc(C#N)cc2)nc1C(F)(F)F. The molecule has 1 aromatic carbocycles. The number of thiazole rings is 1. The van der Waals surface area contributed by atoms with Gasteiger partial charge in [-0.25, -0.2) is 9.78 Å². The Kier molecular flexibility index (Phi) is 5.56. The van der Waals surface area contributed by atoms with Gasteiger partial charge in [-0.3, -0.25) is 5.32 Å². The van der Waals surface area contributed by atoms with Crippen molar-refractivity contribution in [1.29, 1.82) is 5.26 Å². The minimum absolute atomic E-state index is 0.148. The van der Waals surface area contributed by atoms with Gasteiger partial charge >= 0.3 is 12.3 Å². The number of carbonyl (C=O) groups excluding carboxylic acids is 1. The molecule has 1 N–H and O–H groups in total. The van der Waals surface area contributed by atoms with E-state index in [4.69, 9.17) is 10.00 Å². The van der Waals surface area contributed by atoms with Gasteiger partial charge in [-0.15, -0.1) is 11.3 Å². The number of ether oxygens (including phenoxy) is 1. The topological polar surface area (TPSA) is 75.0 Å². The number of carbonyl (C=O) groups is 1. The van der Waals surface area contributed by atoms with E-state index >= 15 is 0 Å². The monoisotopic (exact) mass is 383 g/mol. The van der Waals surface area contributed by atoms with E-state index in [1.807, 2.05) is 6.07 Å². The summed E-state index contributed by atoms with van der Waals surface area (Å²) in [6.07, 6.45) is -5.53. The summed E-state index contributed by atoms with van der Waals surface area (Å²) in [6, 6.07) is 8.42. The van der Waals surface area contributed by atoms with Crippen LogP contribution in [0.3, 0.4) is 0 Å². The van der Waals surface area contributed by atoms with Crippen LogP contribution in [0.2, 0.25) is 0 Å². The van der Waals surface area contributed by atoms with Crippen molar-refractivity contribution in [1.82, 2.24) is 4.98 Å². The molecule has 0 aliphatic rings. The average Bonchev–Trinajstić information content (AvgIpc) is 2.88. The van der Waals surface area contributed by atoms with Crippen LogP contribution in [0.4, 0.5) is 23.0 Å².